The Kier molecular flexibility index (Phi) is 3.03. The van der Waals surface area contributed by atoms with Crippen molar-refractivity contribution in [2.75, 3.05) is 4.90 Å². The van der Waals surface area contributed by atoms with E-state index in [1.165, 1.54) is 5.56 Å². The molecule has 1 aromatic carbocycles. The van der Waals surface area contributed by atoms with E-state index >= 15 is 0 Å². The first kappa shape index (κ1) is 15.4. The number of fused-ring (bicyclic) bond motifs is 2. The lowest BCUT2D eigenvalue weighted by atomic mass is 9.84. The first-order valence-electron chi connectivity index (χ1n) is 8.71. The predicted molar refractivity (Wildman–Crippen MR) is 93.8 cm³/mol. The van der Waals surface area contributed by atoms with Gasteiger partial charge in [0.2, 0.25) is 11.8 Å². The van der Waals surface area contributed by atoms with Gasteiger partial charge in [-0.3, -0.25) is 14.5 Å². The van der Waals surface area contributed by atoms with E-state index in [9.17, 15) is 9.59 Å². The first-order valence-corrected chi connectivity index (χ1v) is 8.71. The van der Waals surface area contributed by atoms with Crippen LogP contribution in [0.4, 0.5) is 5.69 Å². The van der Waals surface area contributed by atoms with Crippen molar-refractivity contribution in [2.45, 2.75) is 63.3 Å². The Morgan fingerprint density at radius 3 is 2.54 bits per heavy atom. The average molecular weight is 324 g/mol. The summed E-state index contributed by atoms with van der Waals surface area (Å²) in [7, 11) is 0. The maximum Gasteiger partial charge on any atom is 0.247 e. The van der Waals surface area contributed by atoms with Gasteiger partial charge in [-0.05, 0) is 48.3 Å². The third kappa shape index (κ3) is 2.05. The standard InChI is InChI=1S/C20H24N2O2/c1-12-5-7-16(17(23)21-12)22-15-8-6-13(19(2,3)4)11-14(15)20(9-10-20)18(22)24/h6,8,11,16H,1,5,7,9-10H2,2-4H3,(H,21,23). The van der Waals surface area contributed by atoms with Gasteiger partial charge in [-0.2, -0.15) is 0 Å². The molecule has 4 nitrogen and oxygen atoms in total. The number of amides is 2. The molecule has 126 valence electrons. The molecule has 4 heteroatoms. The maximum absolute atomic E-state index is 13.2. The number of carbonyl (C=O) groups is 2. The van der Waals surface area contributed by atoms with Gasteiger partial charge in [-0.1, -0.05) is 39.5 Å². The van der Waals surface area contributed by atoms with Gasteiger partial charge in [0.05, 0.1) is 5.41 Å². The lowest BCUT2D eigenvalue weighted by Crippen LogP contribution is -2.52. The molecule has 2 heterocycles. The summed E-state index contributed by atoms with van der Waals surface area (Å²) in [6.07, 6.45) is 3.16. The minimum Gasteiger partial charge on any atom is -0.329 e. The van der Waals surface area contributed by atoms with Gasteiger partial charge < -0.3 is 5.32 Å². The summed E-state index contributed by atoms with van der Waals surface area (Å²) >= 11 is 0. The second-order valence-corrected chi connectivity index (χ2v) is 8.39. The van der Waals surface area contributed by atoms with Gasteiger partial charge in [0.1, 0.15) is 6.04 Å². The topological polar surface area (TPSA) is 49.4 Å². The van der Waals surface area contributed by atoms with Crippen molar-refractivity contribution in [3.8, 4) is 0 Å². The van der Waals surface area contributed by atoms with Crippen LogP contribution in [0, 0.1) is 0 Å². The van der Waals surface area contributed by atoms with Crippen LogP contribution in [0.2, 0.25) is 0 Å². The molecule has 1 aliphatic carbocycles. The third-order valence-corrected chi connectivity index (χ3v) is 5.65. The minimum absolute atomic E-state index is 0.0432. The van der Waals surface area contributed by atoms with Crippen LogP contribution in [0.15, 0.2) is 30.5 Å². The number of hydrogen-bond acceptors (Lipinski definition) is 2. The average Bonchev–Trinajstić information content (AvgIpc) is 3.26. The molecule has 4 rings (SSSR count). The first-order chi connectivity index (χ1) is 11.2. The number of rotatable bonds is 1. The highest BCUT2D eigenvalue weighted by molar-refractivity contribution is 6.13. The zero-order valence-electron chi connectivity index (χ0n) is 14.6. The van der Waals surface area contributed by atoms with Crippen LogP contribution in [-0.4, -0.2) is 17.9 Å². The Hall–Kier alpha value is -2.10. The van der Waals surface area contributed by atoms with E-state index in [4.69, 9.17) is 0 Å². The van der Waals surface area contributed by atoms with E-state index in [-0.39, 0.29) is 22.6 Å². The Balaban J connectivity index is 1.79. The fourth-order valence-corrected chi connectivity index (χ4v) is 3.98. The van der Waals surface area contributed by atoms with Gasteiger partial charge in [0.25, 0.3) is 0 Å². The van der Waals surface area contributed by atoms with Crippen molar-refractivity contribution in [1.82, 2.24) is 5.32 Å². The van der Waals surface area contributed by atoms with Crippen molar-refractivity contribution in [1.29, 1.82) is 0 Å². The van der Waals surface area contributed by atoms with E-state index in [1.54, 1.807) is 4.90 Å². The molecule has 0 radical (unpaired) electrons. The summed E-state index contributed by atoms with van der Waals surface area (Å²) in [5.74, 6) is -0.000584. The number of nitrogens with one attached hydrogen (secondary N) is 1. The molecule has 1 spiro atoms. The fraction of sp³-hybridized carbons (Fsp3) is 0.500. The van der Waals surface area contributed by atoms with E-state index in [1.807, 2.05) is 6.07 Å². The number of piperidine rings is 1. The molecule has 2 amide bonds. The zero-order chi connectivity index (χ0) is 17.3. The highest BCUT2D eigenvalue weighted by atomic mass is 16.2. The lowest BCUT2D eigenvalue weighted by Gasteiger charge is -2.32. The number of allylic oxidation sites excluding steroid dienone is 1. The quantitative estimate of drug-likeness (QED) is 0.863. The summed E-state index contributed by atoms with van der Waals surface area (Å²) in [4.78, 5) is 27.4. The predicted octanol–water partition coefficient (Wildman–Crippen LogP) is 3.15. The number of nitrogens with zero attached hydrogens (tertiary/aromatic N) is 1. The van der Waals surface area contributed by atoms with Crippen molar-refractivity contribution in [3.63, 3.8) is 0 Å². The van der Waals surface area contributed by atoms with Crippen LogP contribution in [-0.2, 0) is 20.4 Å². The zero-order valence-corrected chi connectivity index (χ0v) is 14.6. The second-order valence-electron chi connectivity index (χ2n) is 8.39. The van der Waals surface area contributed by atoms with Crippen LogP contribution < -0.4 is 10.2 Å². The van der Waals surface area contributed by atoms with Gasteiger partial charge in [-0.15, -0.1) is 0 Å². The van der Waals surface area contributed by atoms with E-state index in [0.717, 1.165) is 36.2 Å². The number of benzene rings is 1. The van der Waals surface area contributed by atoms with E-state index in [2.05, 4.69) is 44.8 Å². The summed E-state index contributed by atoms with van der Waals surface area (Å²) in [6.45, 7) is 10.4. The molecular weight excluding hydrogens is 300 g/mol. The molecule has 0 aromatic heterocycles. The summed E-state index contributed by atoms with van der Waals surface area (Å²) < 4.78 is 0. The molecule has 2 aliphatic heterocycles. The molecule has 24 heavy (non-hydrogen) atoms. The van der Waals surface area contributed by atoms with Crippen LogP contribution in [0.25, 0.3) is 0 Å². The molecule has 3 aliphatic rings. The Labute approximate surface area is 142 Å². The van der Waals surface area contributed by atoms with Crippen molar-refractivity contribution in [2.24, 2.45) is 0 Å². The molecule has 1 saturated carbocycles. The largest absolute Gasteiger partial charge is 0.329 e. The van der Waals surface area contributed by atoms with Gasteiger partial charge >= 0.3 is 0 Å². The van der Waals surface area contributed by atoms with Gasteiger partial charge in [0, 0.05) is 11.4 Å². The Morgan fingerprint density at radius 2 is 1.96 bits per heavy atom. The highest BCUT2D eigenvalue weighted by Crippen LogP contribution is 2.58. The van der Waals surface area contributed by atoms with Crippen LogP contribution in [0.1, 0.15) is 57.6 Å². The summed E-state index contributed by atoms with van der Waals surface area (Å²) in [5.41, 5.74) is 3.71. The molecule has 1 N–H and O–H groups in total. The number of carbonyl (C=O) groups excluding carboxylic acids is 2. The van der Waals surface area contributed by atoms with Gasteiger partial charge in [-0.25, -0.2) is 0 Å². The number of hydrogen-bond donors (Lipinski definition) is 1. The lowest BCUT2D eigenvalue weighted by molar-refractivity contribution is -0.127. The fourth-order valence-electron chi connectivity index (χ4n) is 3.98. The van der Waals surface area contributed by atoms with Crippen molar-refractivity contribution < 1.29 is 9.59 Å². The summed E-state index contributed by atoms with van der Waals surface area (Å²) in [5, 5.41) is 2.81. The molecule has 1 unspecified atom stereocenters. The van der Waals surface area contributed by atoms with Crippen LogP contribution in [0.5, 0.6) is 0 Å². The monoisotopic (exact) mass is 324 g/mol. The van der Waals surface area contributed by atoms with Gasteiger partial charge in [0.15, 0.2) is 0 Å². The van der Waals surface area contributed by atoms with Crippen LogP contribution >= 0.6 is 0 Å². The third-order valence-electron chi connectivity index (χ3n) is 5.65. The molecule has 2 fully saturated rings. The Bertz CT molecular complexity index is 768. The normalized spacial score (nSPS) is 25.0. The highest BCUT2D eigenvalue weighted by Gasteiger charge is 2.61. The molecule has 1 aromatic rings. The smallest absolute Gasteiger partial charge is 0.247 e. The van der Waals surface area contributed by atoms with E-state index < -0.39 is 6.04 Å². The molecule has 1 atom stereocenters. The maximum atomic E-state index is 13.2. The van der Waals surface area contributed by atoms with Crippen LogP contribution in [0.3, 0.4) is 0 Å². The molecule has 0 bridgehead atoms. The van der Waals surface area contributed by atoms with E-state index in [0.29, 0.717) is 6.42 Å². The molecule has 1 saturated heterocycles. The SMILES string of the molecule is C=C1CCC(N2C(=O)C3(CC3)c3cc(C(C)(C)C)ccc32)C(=O)N1. The minimum atomic E-state index is -0.415. The molecular formula is C20H24N2O2. The van der Waals surface area contributed by atoms with Crippen molar-refractivity contribution in [3.05, 3.63) is 41.6 Å². The van der Waals surface area contributed by atoms with Crippen molar-refractivity contribution >= 4 is 17.5 Å². The second kappa shape index (κ2) is 4.71. The Morgan fingerprint density at radius 1 is 1.25 bits per heavy atom. The number of anilines is 1. The summed E-state index contributed by atoms with van der Waals surface area (Å²) in [6, 6.07) is 5.92.